The molecule has 0 atom stereocenters. The van der Waals surface area contributed by atoms with Gasteiger partial charge in [-0.2, -0.15) is 0 Å². The second-order valence-corrected chi connectivity index (χ2v) is 10.3. The molecule has 0 spiro atoms. The van der Waals surface area contributed by atoms with Crippen LogP contribution in [0, 0.1) is 0 Å². The van der Waals surface area contributed by atoms with Gasteiger partial charge >= 0.3 is 151 Å². The van der Waals surface area contributed by atoms with Crippen molar-refractivity contribution in [1.82, 2.24) is 0 Å². The van der Waals surface area contributed by atoms with Crippen LogP contribution in [-0.2, 0) is 0 Å². The number of unbranched alkanes of at least 4 members (excludes halogenated alkanes) is 5. The fraction of sp³-hybridized carbons (Fsp3) is 0.571. The molecule has 0 bridgehead atoms. The van der Waals surface area contributed by atoms with E-state index in [1.165, 1.54) is 57.9 Å². The molecule has 31 heavy (non-hydrogen) atoms. The van der Waals surface area contributed by atoms with E-state index in [1.54, 1.807) is 0 Å². The molecule has 2 aromatic rings. The number of nitrogen functional groups attached to an aromatic ring is 1. The number of benzene rings is 2. The van der Waals surface area contributed by atoms with Crippen LogP contribution >= 0.6 is 0 Å². The van der Waals surface area contributed by atoms with Crippen molar-refractivity contribution in [2.75, 3.05) is 24.2 Å². The minimum absolute atomic E-state index is 0.306. The van der Waals surface area contributed by atoms with Crippen molar-refractivity contribution in [3.8, 4) is 0 Å². The standard InChI is InChI=1S/C21H30N2Te.C3H8.2C2H6/c1-3-4-5-6-7-8-17-23(2)19-11-15-21(16-12-19)24-20-13-9-18(22)10-14-20;1-3-2;2*1-2/h9-16H,3-8,17,22H2,1-2H3;3H2,1-2H3;2*1-2H3. The van der Waals surface area contributed by atoms with Crippen LogP contribution in [-0.4, -0.2) is 34.5 Å². The first-order chi connectivity index (χ1) is 15.1. The predicted octanol–water partition coefficient (Wildman–Crippen LogP) is 7.19. The number of nitrogens with two attached hydrogens (primary N) is 1. The van der Waals surface area contributed by atoms with Crippen molar-refractivity contribution in [1.29, 1.82) is 0 Å². The maximum absolute atomic E-state index is 5.76. The van der Waals surface area contributed by atoms with Crippen molar-refractivity contribution in [2.45, 2.75) is 93.4 Å². The third kappa shape index (κ3) is 17.1. The van der Waals surface area contributed by atoms with Gasteiger partial charge in [0.15, 0.2) is 0 Å². The van der Waals surface area contributed by atoms with E-state index < -0.39 is 0 Å². The van der Waals surface area contributed by atoms with Gasteiger partial charge in [0.2, 0.25) is 0 Å². The first kappa shape index (κ1) is 32.0. The summed E-state index contributed by atoms with van der Waals surface area (Å²) in [6.07, 6.45) is 9.38. The molecule has 0 aliphatic heterocycles. The van der Waals surface area contributed by atoms with Gasteiger partial charge in [0.05, 0.1) is 0 Å². The molecule has 178 valence electrons. The molecule has 2 nitrogen and oxygen atoms in total. The minimum atomic E-state index is -0.306. The van der Waals surface area contributed by atoms with Crippen LogP contribution in [0.1, 0.15) is 93.4 Å². The van der Waals surface area contributed by atoms with Crippen LogP contribution in [0.5, 0.6) is 0 Å². The fourth-order valence-electron chi connectivity index (χ4n) is 2.70. The SMILES string of the molecule is CC.CC.CCC.CCCCCCCCN(C)c1ccc([Te]c2ccc(N)cc2)cc1. The van der Waals surface area contributed by atoms with Crippen LogP contribution in [0.2, 0.25) is 0 Å². The summed E-state index contributed by atoms with van der Waals surface area (Å²) in [7, 11) is 2.21. The quantitative estimate of drug-likeness (QED) is 0.196. The summed E-state index contributed by atoms with van der Waals surface area (Å²) in [5.74, 6) is 0. The zero-order valence-electron chi connectivity index (χ0n) is 21.7. The Morgan fingerprint density at radius 1 is 0.677 bits per heavy atom. The molecule has 0 aromatic heterocycles. The summed E-state index contributed by atoms with van der Waals surface area (Å²) < 4.78 is 2.91. The average Bonchev–Trinajstić information content (AvgIpc) is 2.81. The second kappa shape index (κ2) is 23.5. The zero-order valence-corrected chi connectivity index (χ0v) is 24.0. The first-order valence-electron chi connectivity index (χ1n) is 12.4. The molecule has 0 saturated carbocycles. The zero-order chi connectivity index (χ0) is 23.9. The van der Waals surface area contributed by atoms with Crippen molar-refractivity contribution < 1.29 is 0 Å². The van der Waals surface area contributed by atoms with Gasteiger partial charge < -0.3 is 0 Å². The van der Waals surface area contributed by atoms with Gasteiger partial charge in [-0.25, -0.2) is 0 Å². The second-order valence-electron chi connectivity index (χ2n) is 7.06. The van der Waals surface area contributed by atoms with Crippen molar-refractivity contribution >= 4 is 39.5 Å². The Balaban J connectivity index is 0. The Kier molecular flexibility index (Phi) is 24.3. The molecule has 2 aromatic carbocycles. The Labute approximate surface area is 205 Å². The molecule has 0 heterocycles. The fourth-order valence-corrected chi connectivity index (χ4v) is 5.03. The normalized spacial score (nSPS) is 9.29. The number of hydrogen-bond acceptors (Lipinski definition) is 2. The first-order valence-corrected chi connectivity index (χ1v) is 14.8. The number of nitrogens with zero attached hydrogens (tertiary/aromatic N) is 1. The molecule has 0 saturated heterocycles. The van der Waals surface area contributed by atoms with Gasteiger partial charge in [0, 0.05) is 0 Å². The van der Waals surface area contributed by atoms with Crippen LogP contribution in [0.15, 0.2) is 48.5 Å². The van der Waals surface area contributed by atoms with Gasteiger partial charge in [0.1, 0.15) is 0 Å². The van der Waals surface area contributed by atoms with E-state index in [1.807, 2.05) is 39.8 Å². The van der Waals surface area contributed by atoms with E-state index in [4.69, 9.17) is 5.73 Å². The number of hydrogen-bond donors (Lipinski definition) is 1. The molecule has 0 unspecified atom stereocenters. The molecular weight excluding hydrogens is 492 g/mol. The molecular formula is C28H50N2Te. The average molecular weight is 542 g/mol. The van der Waals surface area contributed by atoms with E-state index in [9.17, 15) is 0 Å². The predicted molar refractivity (Wildman–Crippen MR) is 148 cm³/mol. The van der Waals surface area contributed by atoms with E-state index in [0.717, 1.165) is 12.2 Å². The van der Waals surface area contributed by atoms with Crippen LogP contribution in [0.25, 0.3) is 0 Å². The molecule has 0 radical (unpaired) electrons. The summed E-state index contributed by atoms with van der Waals surface area (Å²) in [6, 6.07) is 17.5. The van der Waals surface area contributed by atoms with E-state index in [2.05, 4.69) is 69.1 Å². The number of rotatable bonds is 10. The molecule has 0 fully saturated rings. The molecule has 2 N–H and O–H groups in total. The molecule has 2 rings (SSSR count). The van der Waals surface area contributed by atoms with Gasteiger partial charge in [-0.05, 0) is 0 Å². The summed E-state index contributed by atoms with van der Waals surface area (Å²) >= 11 is -0.306. The molecule has 0 aliphatic carbocycles. The topological polar surface area (TPSA) is 29.3 Å². The van der Waals surface area contributed by atoms with Crippen LogP contribution in [0.3, 0.4) is 0 Å². The van der Waals surface area contributed by atoms with Crippen LogP contribution < -0.4 is 17.9 Å². The van der Waals surface area contributed by atoms with Crippen molar-refractivity contribution in [2.24, 2.45) is 0 Å². The van der Waals surface area contributed by atoms with Gasteiger partial charge in [-0.1, -0.05) is 54.9 Å². The molecule has 0 amide bonds. The number of anilines is 2. The van der Waals surface area contributed by atoms with Crippen LogP contribution in [0.4, 0.5) is 11.4 Å². The Hall–Kier alpha value is -1.17. The van der Waals surface area contributed by atoms with E-state index in [0.29, 0.717) is 0 Å². The van der Waals surface area contributed by atoms with E-state index >= 15 is 0 Å². The summed E-state index contributed by atoms with van der Waals surface area (Å²) in [4.78, 5) is 2.38. The Morgan fingerprint density at radius 3 is 1.58 bits per heavy atom. The molecule has 0 aliphatic rings. The maximum atomic E-state index is 5.76. The van der Waals surface area contributed by atoms with Gasteiger partial charge in [0.25, 0.3) is 0 Å². The summed E-state index contributed by atoms with van der Waals surface area (Å²) in [6.45, 7) is 15.7. The molecule has 3 heteroatoms. The summed E-state index contributed by atoms with van der Waals surface area (Å²) in [5.41, 5.74) is 7.93. The Bertz CT molecular complexity index is 593. The van der Waals surface area contributed by atoms with Gasteiger partial charge in [-0.15, -0.1) is 0 Å². The van der Waals surface area contributed by atoms with Gasteiger partial charge in [-0.3, -0.25) is 0 Å². The monoisotopic (exact) mass is 544 g/mol. The van der Waals surface area contributed by atoms with Crippen molar-refractivity contribution in [3.63, 3.8) is 0 Å². The third-order valence-electron chi connectivity index (χ3n) is 4.24. The summed E-state index contributed by atoms with van der Waals surface area (Å²) in [5, 5.41) is 0. The third-order valence-corrected chi connectivity index (χ3v) is 7.14. The van der Waals surface area contributed by atoms with E-state index in [-0.39, 0.29) is 20.9 Å². The van der Waals surface area contributed by atoms with Crippen molar-refractivity contribution in [3.05, 3.63) is 48.5 Å². The Morgan fingerprint density at radius 2 is 1.10 bits per heavy atom.